The highest BCUT2D eigenvalue weighted by molar-refractivity contribution is 6.30. The van der Waals surface area contributed by atoms with Crippen LogP contribution in [0, 0.1) is 6.92 Å². The van der Waals surface area contributed by atoms with Crippen LogP contribution in [-0.2, 0) is 16.1 Å². The summed E-state index contributed by atoms with van der Waals surface area (Å²) in [5, 5.41) is 19.8. The number of hydrogen-bond donors (Lipinski definition) is 2. The Morgan fingerprint density at radius 3 is 2.34 bits per heavy atom. The molecule has 4 amide bonds. The van der Waals surface area contributed by atoms with Crippen molar-refractivity contribution in [2.45, 2.75) is 96.7 Å². The fourth-order valence-electron chi connectivity index (χ4n) is 8.19. The molecule has 3 aromatic carbocycles. The standard InChI is InChI=1S/C44H46ClN9O4/c1-27-41-51-50-28(2)53(41)36-19-16-30(24-34(36)40(48-27)29-14-17-32(45)18-15-29)31-25-47-52(26-31)23-10-8-6-4-3-5-7-9-22-46-35-13-11-12-33-39(35)44(58)54(43(33)57)37-20-21-38(55)49-42(37)56/h11-19,24-27,37,46H,3-10,20-23H2,1-2H3,(H,49,55,56)/t27-,37?/m0/s1. The van der Waals surface area contributed by atoms with Gasteiger partial charge in [0.15, 0.2) is 5.82 Å². The minimum Gasteiger partial charge on any atom is -0.384 e. The van der Waals surface area contributed by atoms with Gasteiger partial charge in [-0.3, -0.25) is 43.6 Å². The van der Waals surface area contributed by atoms with Crippen molar-refractivity contribution in [1.82, 2.24) is 34.8 Å². The maximum atomic E-state index is 13.3. The van der Waals surface area contributed by atoms with Crippen LogP contribution in [0.5, 0.6) is 0 Å². The number of nitrogens with zero attached hydrogens (tertiary/aromatic N) is 7. The molecule has 3 aliphatic heterocycles. The summed E-state index contributed by atoms with van der Waals surface area (Å²) in [5.74, 6) is -0.354. The molecule has 1 saturated heterocycles. The van der Waals surface area contributed by atoms with E-state index in [0.717, 1.165) is 95.3 Å². The summed E-state index contributed by atoms with van der Waals surface area (Å²) in [6.45, 7) is 5.55. The number of aryl methyl sites for hydroxylation is 2. The predicted molar refractivity (Wildman–Crippen MR) is 221 cm³/mol. The van der Waals surface area contributed by atoms with E-state index in [4.69, 9.17) is 21.7 Å². The number of piperidine rings is 1. The number of hydrogen-bond acceptors (Lipinski definition) is 9. The third kappa shape index (κ3) is 7.83. The number of amides is 4. The van der Waals surface area contributed by atoms with Gasteiger partial charge in [0.25, 0.3) is 11.8 Å². The van der Waals surface area contributed by atoms with Gasteiger partial charge in [0, 0.05) is 53.1 Å². The number of fused-ring (bicyclic) bond motifs is 4. The molecule has 2 N–H and O–H groups in total. The second-order valence-electron chi connectivity index (χ2n) is 15.3. The topological polar surface area (TPSA) is 156 Å². The zero-order valence-corrected chi connectivity index (χ0v) is 33.5. The van der Waals surface area contributed by atoms with Crippen molar-refractivity contribution in [3.8, 4) is 16.8 Å². The van der Waals surface area contributed by atoms with Crippen LogP contribution in [0.1, 0.15) is 121 Å². The minimum atomic E-state index is -0.973. The van der Waals surface area contributed by atoms with Gasteiger partial charge in [0.05, 0.1) is 28.7 Å². The highest BCUT2D eigenvalue weighted by Gasteiger charge is 2.45. The average Bonchev–Trinajstić information content (AvgIpc) is 3.90. The monoisotopic (exact) mass is 799 g/mol. The van der Waals surface area contributed by atoms with Crippen molar-refractivity contribution in [3.05, 3.63) is 112 Å². The first-order valence-electron chi connectivity index (χ1n) is 20.2. The van der Waals surface area contributed by atoms with E-state index in [1.807, 2.05) is 49.0 Å². The Balaban J connectivity index is 0.779. The van der Waals surface area contributed by atoms with Gasteiger partial charge in [0.2, 0.25) is 11.8 Å². The molecule has 5 heterocycles. The Kier molecular flexibility index (Phi) is 11.3. The SMILES string of the molecule is Cc1nnc2n1-c1ccc(-c3cnn(CCCCCCCCCCNc4cccc5c4C(=O)N(C4CCC(=O)NC4=O)C5=O)c3)cc1C(c1ccc(Cl)cc1)=N[C@H]2C. The molecule has 0 radical (unpaired) electrons. The van der Waals surface area contributed by atoms with E-state index < -0.39 is 29.7 Å². The summed E-state index contributed by atoms with van der Waals surface area (Å²) in [7, 11) is 0. The normalized spacial score (nSPS) is 17.4. The molecule has 58 heavy (non-hydrogen) atoms. The molecule has 3 aliphatic rings. The lowest BCUT2D eigenvalue weighted by atomic mass is 9.96. The van der Waals surface area contributed by atoms with Crippen LogP contribution < -0.4 is 10.6 Å². The first-order valence-corrected chi connectivity index (χ1v) is 20.6. The number of imide groups is 2. The number of benzene rings is 3. The van der Waals surface area contributed by atoms with E-state index in [2.05, 4.69) is 49.8 Å². The van der Waals surface area contributed by atoms with E-state index >= 15 is 0 Å². The third-order valence-corrected chi connectivity index (χ3v) is 11.5. The van der Waals surface area contributed by atoms with Gasteiger partial charge in [-0.15, -0.1) is 10.2 Å². The number of carbonyl (C=O) groups excluding carboxylic acids is 4. The predicted octanol–water partition coefficient (Wildman–Crippen LogP) is 7.64. The quantitative estimate of drug-likeness (QED) is 0.0809. The maximum Gasteiger partial charge on any atom is 0.264 e. The molecule has 0 spiro atoms. The molecule has 5 aromatic rings. The summed E-state index contributed by atoms with van der Waals surface area (Å²) >= 11 is 6.24. The lowest BCUT2D eigenvalue weighted by Crippen LogP contribution is -2.54. The summed E-state index contributed by atoms with van der Waals surface area (Å²) in [4.78, 5) is 56.6. The fourth-order valence-corrected chi connectivity index (χ4v) is 8.31. The Labute approximate surface area is 341 Å². The van der Waals surface area contributed by atoms with Crippen molar-refractivity contribution in [3.63, 3.8) is 0 Å². The van der Waals surface area contributed by atoms with Crippen molar-refractivity contribution in [2.24, 2.45) is 4.99 Å². The van der Waals surface area contributed by atoms with E-state index in [1.54, 1.807) is 18.2 Å². The van der Waals surface area contributed by atoms with E-state index in [-0.39, 0.29) is 24.4 Å². The fraction of sp³-hybridized carbons (Fsp3) is 0.364. The lowest BCUT2D eigenvalue weighted by Gasteiger charge is -2.27. The van der Waals surface area contributed by atoms with E-state index in [0.29, 0.717) is 22.8 Å². The molecular formula is C44H46ClN9O4. The van der Waals surface area contributed by atoms with Crippen LogP contribution in [0.3, 0.4) is 0 Å². The summed E-state index contributed by atoms with van der Waals surface area (Å²) in [5.41, 5.74) is 7.19. The van der Waals surface area contributed by atoms with Gasteiger partial charge >= 0.3 is 0 Å². The van der Waals surface area contributed by atoms with Crippen LogP contribution in [0.25, 0.3) is 16.8 Å². The van der Waals surface area contributed by atoms with Gasteiger partial charge in [-0.05, 0) is 75.1 Å². The Hall–Kier alpha value is -5.95. The number of aromatic nitrogens is 5. The van der Waals surface area contributed by atoms with E-state index in [1.165, 1.54) is 12.8 Å². The van der Waals surface area contributed by atoms with Crippen LogP contribution >= 0.6 is 11.6 Å². The lowest BCUT2D eigenvalue weighted by molar-refractivity contribution is -0.136. The highest BCUT2D eigenvalue weighted by atomic mass is 35.5. The van der Waals surface area contributed by atoms with Gasteiger partial charge < -0.3 is 5.32 Å². The smallest absolute Gasteiger partial charge is 0.264 e. The van der Waals surface area contributed by atoms with Gasteiger partial charge in [-0.25, -0.2) is 0 Å². The van der Waals surface area contributed by atoms with Crippen LogP contribution in [-0.4, -0.2) is 71.4 Å². The number of anilines is 1. The highest BCUT2D eigenvalue weighted by Crippen LogP contribution is 2.35. The molecule has 0 saturated carbocycles. The molecule has 1 unspecified atom stereocenters. The molecule has 298 valence electrons. The molecule has 2 atom stereocenters. The summed E-state index contributed by atoms with van der Waals surface area (Å²) in [6, 6.07) is 18.3. The molecule has 0 aliphatic carbocycles. The zero-order valence-electron chi connectivity index (χ0n) is 32.7. The third-order valence-electron chi connectivity index (χ3n) is 11.2. The van der Waals surface area contributed by atoms with E-state index in [9.17, 15) is 19.2 Å². The van der Waals surface area contributed by atoms with Gasteiger partial charge in [-0.2, -0.15) is 5.10 Å². The minimum absolute atomic E-state index is 0.0939. The summed E-state index contributed by atoms with van der Waals surface area (Å²) in [6.07, 6.45) is 13.1. The molecule has 8 rings (SSSR count). The second kappa shape index (κ2) is 16.9. The Morgan fingerprint density at radius 1 is 0.828 bits per heavy atom. The number of nitrogens with one attached hydrogen (secondary N) is 2. The molecule has 14 heteroatoms. The number of unbranched alkanes of at least 4 members (excludes halogenated alkanes) is 7. The van der Waals surface area contributed by atoms with Crippen LogP contribution in [0.4, 0.5) is 5.69 Å². The van der Waals surface area contributed by atoms with Crippen molar-refractivity contribution < 1.29 is 19.2 Å². The molecular weight excluding hydrogens is 754 g/mol. The van der Waals surface area contributed by atoms with Gasteiger partial charge in [-0.1, -0.05) is 74.4 Å². The number of halogens is 1. The average molecular weight is 800 g/mol. The largest absolute Gasteiger partial charge is 0.384 e. The first-order chi connectivity index (χ1) is 28.2. The van der Waals surface area contributed by atoms with Crippen molar-refractivity contribution in [1.29, 1.82) is 0 Å². The number of aliphatic imine (C=N–C) groups is 1. The maximum absolute atomic E-state index is 13.3. The molecule has 1 fully saturated rings. The van der Waals surface area contributed by atoms with Crippen molar-refractivity contribution >= 4 is 46.6 Å². The zero-order chi connectivity index (χ0) is 40.3. The second-order valence-corrected chi connectivity index (χ2v) is 15.7. The van der Waals surface area contributed by atoms with Gasteiger partial charge in [0.1, 0.15) is 17.9 Å². The summed E-state index contributed by atoms with van der Waals surface area (Å²) < 4.78 is 4.13. The number of rotatable bonds is 15. The van der Waals surface area contributed by atoms with Crippen LogP contribution in [0.2, 0.25) is 5.02 Å². The molecule has 13 nitrogen and oxygen atoms in total. The van der Waals surface area contributed by atoms with Crippen LogP contribution in [0.15, 0.2) is 78.0 Å². The molecule has 2 aromatic heterocycles. The number of carbonyl (C=O) groups is 4. The first kappa shape index (κ1) is 38.9. The Bertz CT molecular complexity index is 2420. The molecule has 0 bridgehead atoms. The van der Waals surface area contributed by atoms with Crippen molar-refractivity contribution in [2.75, 3.05) is 11.9 Å². The Morgan fingerprint density at radius 2 is 1.57 bits per heavy atom.